The number of rotatable bonds is 4. The zero-order chi connectivity index (χ0) is 15.2. The number of aryl methyl sites for hydroxylation is 1. The summed E-state index contributed by atoms with van der Waals surface area (Å²) in [4.78, 5) is 4.25. The quantitative estimate of drug-likeness (QED) is 0.851. The Balaban J connectivity index is 1.85. The summed E-state index contributed by atoms with van der Waals surface area (Å²) in [5.41, 5.74) is 0.928. The number of hydrogen-bond donors (Lipinski definition) is 2. The summed E-state index contributed by atoms with van der Waals surface area (Å²) in [6.07, 6.45) is 0.210. The zero-order valence-electron chi connectivity index (χ0n) is 11.5. The number of benzene rings is 1. The molecule has 0 atom stereocenters. The van der Waals surface area contributed by atoms with Crippen molar-refractivity contribution in [3.05, 3.63) is 59.3 Å². The molecule has 1 heterocycles. The number of pyridine rings is 1. The molecule has 0 saturated heterocycles. The SMILES string of the molecule is Cc1cccc(NC(=S)NCCc2c(F)cccc2F)n1. The Morgan fingerprint density at radius 3 is 2.48 bits per heavy atom. The van der Waals surface area contributed by atoms with Crippen molar-refractivity contribution in [3.8, 4) is 0 Å². The van der Waals surface area contributed by atoms with Crippen molar-refractivity contribution in [1.82, 2.24) is 10.3 Å². The molecule has 1 aromatic heterocycles. The molecule has 0 fully saturated rings. The number of hydrogen-bond acceptors (Lipinski definition) is 2. The molecule has 0 aliphatic rings. The summed E-state index contributed by atoms with van der Waals surface area (Å²) in [6.45, 7) is 2.21. The van der Waals surface area contributed by atoms with Crippen LogP contribution in [0.4, 0.5) is 14.6 Å². The van der Waals surface area contributed by atoms with Crippen LogP contribution in [0.15, 0.2) is 36.4 Å². The summed E-state index contributed by atoms with van der Waals surface area (Å²) >= 11 is 5.11. The first kappa shape index (κ1) is 15.3. The molecule has 21 heavy (non-hydrogen) atoms. The molecule has 0 radical (unpaired) electrons. The van der Waals surface area contributed by atoms with E-state index in [2.05, 4.69) is 15.6 Å². The number of aromatic nitrogens is 1. The molecule has 0 aliphatic carbocycles. The van der Waals surface area contributed by atoms with Crippen LogP contribution < -0.4 is 10.6 Å². The average molecular weight is 307 g/mol. The van der Waals surface area contributed by atoms with Crippen molar-refractivity contribution < 1.29 is 8.78 Å². The predicted molar refractivity (Wildman–Crippen MR) is 83.3 cm³/mol. The van der Waals surface area contributed by atoms with Gasteiger partial charge in [0.1, 0.15) is 17.5 Å². The minimum atomic E-state index is -0.545. The van der Waals surface area contributed by atoms with Gasteiger partial charge in [-0.3, -0.25) is 0 Å². The molecule has 2 aromatic rings. The van der Waals surface area contributed by atoms with E-state index in [1.165, 1.54) is 18.2 Å². The Kier molecular flexibility index (Phi) is 5.16. The van der Waals surface area contributed by atoms with Gasteiger partial charge in [-0.05, 0) is 49.8 Å². The molecule has 0 spiro atoms. The van der Waals surface area contributed by atoms with Crippen LogP contribution in [0.25, 0.3) is 0 Å². The van der Waals surface area contributed by atoms with Gasteiger partial charge in [0, 0.05) is 17.8 Å². The topological polar surface area (TPSA) is 37.0 Å². The molecule has 0 amide bonds. The second-order valence-electron chi connectivity index (χ2n) is 4.50. The van der Waals surface area contributed by atoms with Crippen LogP contribution >= 0.6 is 12.2 Å². The van der Waals surface area contributed by atoms with E-state index in [0.29, 0.717) is 17.5 Å². The summed E-state index contributed by atoms with van der Waals surface area (Å²) in [5, 5.41) is 6.19. The first-order chi connectivity index (χ1) is 10.1. The first-order valence-electron chi connectivity index (χ1n) is 6.47. The van der Waals surface area contributed by atoms with Gasteiger partial charge in [0.25, 0.3) is 0 Å². The van der Waals surface area contributed by atoms with Crippen molar-refractivity contribution in [3.63, 3.8) is 0 Å². The van der Waals surface area contributed by atoms with Gasteiger partial charge >= 0.3 is 0 Å². The van der Waals surface area contributed by atoms with Crippen molar-refractivity contribution in [1.29, 1.82) is 0 Å². The fourth-order valence-corrected chi connectivity index (χ4v) is 2.05. The third-order valence-electron chi connectivity index (χ3n) is 2.85. The maximum absolute atomic E-state index is 13.4. The highest BCUT2D eigenvalue weighted by Crippen LogP contribution is 2.12. The Labute approximate surface area is 127 Å². The normalized spacial score (nSPS) is 10.2. The largest absolute Gasteiger partial charge is 0.362 e. The smallest absolute Gasteiger partial charge is 0.171 e. The molecular formula is C15H15F2N3S. The Morgan fingerprint density at radius 1 is 1.14 bits per heavy atom. The predicted octanol–water partition coefficient (Wildman–Crippen LogP) is 3.20. The van der Waals surface area contributed by atoms with E-state index >= 15 is 0 Å². The third kappa shape index (κ3) is 4.46. The van der Waals surface area contributed by atoms with E-state index in [9.17, 15) is 8.78 Å². The molecule has 0 saturated carbocycles. The van der Waals surface area contributed by atoms with Gasteiger partial charge in [-0.2, -0.15) is 0 Å². The monoisotopic (exact) mass is 307 g/mol. The lowest BCUT2D eigenvalue weighted by atomic mass is 10.1. The molecule has 2 N–H and O–H groups in total. The van der Waals surface area contributed by atoms with Gasteiger partial charge < -0.3 is 10.6 Å². The lowest BCUT2D eigenvalue weighted by Gasteiger charge is -2.11. The molecule has 1 aromatic carbocycles. The Hall–Kier alpha value is -2.08. The third-order valence-corrected chi connectivity index (χ3v) is 3.10. The van der Waals surface area contributed by atoms with Gasteiger partial charge in [0.15, 0.2) is 5.11 Å². The highest BCUT2D eigenvalue weighted by molar-refractivity contribution is 7.80. The van der Waals surface area contributed by atoms with E-state index in [1.807, 2.05) is 19.1 Å². The lowest BCUT2D eigenvalue weighted by molar-refractivity contribution is 0.553. The van der Waals surface area contributed by atoms with Crippen molar-refractivity contribution in [2.24, 2.45) is 0 Å². The summed E-state index contributed by atoms with van der Waals surface area (Å²) < 4.78 is 26.9. The van der Waals surface area contributed by atoms with Gasteiger partial charge in [0.2, 0.25) is 0 Å². The Morgan fingerprint density at radius 2 is 1.81 bits per heavy atom. The van der Waals surface area contributed by atoms with Crippen molar-refractivity contribution >= 4 is 23.1 Å². The number of halogens is 2. The fraction of sp³-hybridized carbons (Fsp3) is 0.200. The number of nitrogens with one attached hydrogen (secondary N) is 2. The maximum Gasteiger partial charge on any atom is 0.171 e. The van der Waals surface area contributed by atoms with Crippen LogP contribution in [0, 0.1) is 18.6 Å². The number of anilines is 1. The van der Waals surface area contributed by atoms with E-state index < -0.39 is 11.6 Å². The average Bonchev–Trinajstić information content (AvgIpc) is 2.42. The van der Waals surface area contributed by atoms with Crippen LogP contribution in [0.5, 0.6) is 0 Å². The second-order valence-corrected chi connectivity index (χ2v) is 4.90. The van der Waals surface area contributed by atoms with Gasteiger partial charge in [-0.1, -0.05) is 12.1 Å². The fourth-order valence-electron chi connectivity index (χ4n) is 1.85. The van der Waals surface area contributed by atoms with Gasteiger partial charge in [0.05, 0.1) is 0 Å². The highest BCUT2D eigenvalue weighted by Gasteiger charge is 2.08. The molecule has 6 heteroatoms. The number of thiocarbonyl (C=S) groups is 1. The molecule has 2 rings (SSSR count). The van der Waals surface area contributed by atoms with Crippen molar-refractivity contribution in [2.75, 3.05) is 11.9 Å². The summed E-state index contributed by atoms with van der Waals surface area (Å²) in [6, 6.07) is 9.36. The highest BCUT2D eigenvalue weighted by atomic mass is 32.1. The summed E-state index contributed by atoms with van der Waals surface area (Å²) in [7, 11) is 0. The van der Waals surface area contributed by atoms with Gasteiger partial charge in [-0.25, -0.2) is 13.8 Å². The number of nitrogens with zero attached hydrogens (tertiary/aromatic N) is 1. The van der Waals surface area contributed by atoms with E-state index in [4.69, 9.17) is 12.2 Å². The standard InChI is InChI=1S/C15H15F2N3S/c1-10-4-2-7-14(19-10)20-15(21)18-9-8-11-12(16)5-3-6-13(11)17/h2-7H,8-9H2,1H3,(H2,18,19,20,21). The van der Waals surface area contributed by atoms with Crippen LogP contribution in [0.1, 0.15) is 11.3 Å². The van der Waals surface area contributed by atoms with Crippen LogP contribution in [-0.4, -0.2) is 16.6 Å². The van der Waals surface area contributed by atoms with E-state index in [-0.39, 0.29) is 12.0 Å². The minimum Gasteiger partial charge on any atom is -0.362 e. The van der Waals surface area contributed by atoms with Gasteiger partial charge in [-0.15, -0.1) is 0 Å². The molecule has 110 valence electrons. The van der Waals surface area contributed by atoms with Crippen LogP contribution in [0.2, 0.25) is 0 Å². The van der Waals surface area contributed by atoms with Crippen LogP contribution in [0.3, 0.4) is 0 Å². The molecule has 3 nitrogen and oxygen atoms in total. The summed E-state index contributed by atoms with van der Waals surface area (Å²) in [5.74, 6) is -0.461. The minimum absolute atomic E-state index is 0.0569. The lowest BCUT2D eigenvalue weighted by Crippen LogP contribution is -2.30. The maximum atomic E-state index is 13.4. The van der Waals surface area contributed by atoms with E-state index in [1.54, 1.807) is 6.07 Å². The Bertz CT molecular complexity index is 626. The molecular weight excluding hydrogens is 292 g/mol. The van der Waals surface area contributed by atoms with Crippen molar-refractivity contribution in [2.45, 2.75) is 13.3 Å². The van der Waals surface area contributed by atoms with Crippen LogP contribution in [-0.2, 0) is 6.42 Å². The molecule has 0 aliphatic heterocycles. The molecule has 0 unspecified atom stereocenters. The molecule has 0 bridgehead atoms. The van der Waals surface area contributed by atoms with E-state index in [0.717, 1.165) is 5.69 Å². The first-order valence-corrected chi connectivity index (χ1v) is 6.88. The second kappa shape index (κ2) is 7.08. The zero-order valence-corrected chi connectivity index (χ0v) is 12.3.